The Hall–Kier alpha value is -0.120. The zero-order valence-electron chi connectivity index (χ0n) is 13.1. The molecule has 0 aromatic heterocycles. The maximum Gasteiger partial charge on any atom is 0.0223 e. The van der Waals surface area contributed by atoms with Gasteiger partial charge in [-0.15, -0.1) is 0 Å². The largest absolute Gasteiger partial charge is 0.327 e. The number of hydrogen-bond donors (Lipinski definition) is 1. The van der Waals surface area contributed by atoms with Crippen LogP contribution in [0.2, 0.25) is 0 Å². The summed E-state index contributed by atoms with van der Waals surface area (Å²) in [4.78, 5) is 5.06. The maximum atomic E-state index is 6.38. The van der Waals surface area contributed by atoms with Crippen molar-refractivity contribution in [1.82, 2.24) is 9.80 Å². The molecule has 19 heavy (non-hydrogen) atoms. The molecule has 2 fully saturated rings. The lowest BCUT2D eigenvalue weighted by Crippen LogP contribution is -2.46. The van der Waals surface area contributed by atoms with Crippen molar-refractivity contribution in [2.45, 2.75) is 57.5 Å². The smallest absolute Gasteiger partial charge is 0.0223 e. The second-order valence-electron chi connectivity index (χ2n) is 7.06. The highest BCUT2D eigenvalue weighted by atomic mass is 15.2. The summed E-state index contributed by atoms with van der Waals surface area (Å²) < 4.78 is 0. The molecule has 0 bridgehead atoms. The maximum absolute atomic E-state index is 6.38. The molecule has 3 nitrogen and oxygen atoms in total. The summed E-state index contributed by atoms with van der Waals surface area (Å²) in [6, 6.07) is 1.22. The molecule has 0 radical (unpaired) electrons. The highest BCUT2D eigenvalue weighted by Gasteiger charge is 2.32. The van der Waals surface area contributed by atoms with Crippen molar-refractivity contribution >= 4 is 0 Å². The van der Waals surface area contributed by atoms with E-state index in [4.69, 9.17) is 5.73 Å². The van der Waals surface area contributed by atoms with Crippen LogP contribution in [0.1, 0.15) is 45.4 Å². The predicted molar refractivity (Wildman–Crippen MR) is 82.2 cm³/mol. The third-order valence-corrected chi connectivity index (χ3v) is 5.27. The lowest BCUT2D eigenvalue weighted by molar-refractivity contribution is 0.133. The molecule has 2 rings (SSSR count). The third kappa shape index (κ3) is 4.17. The normalized spacial score (nSPS) is 37.1. The first-order valence-corrected chi connectivity index (χ1v) is 8.24. The topological polar surface area (TPSA) is 32.5 Å². The quantitative estimate of drug-likeness (QED) is 0.828. The van der Waals surface area contributed by atoms with E-state index in [1.165, 1.54) is 58.2 Å². The molecule has 0 aromatic rings. The number of rotatable bonds is 5. The van der Waals surface area contributed by atoms with Gasteiger partial charge in [0.2, 0.25) is 0 Å². The Morgan fingerprint density at radius 3 is 2.68 bits per heavy atom. The summed E-state index contributed by atoms with van der Waals surface area (Å²) in [7, 11) is 4.38. The first-order valence-electron chi connectivity index (χ1n) is 8.24. The van der Waals surface area contributed by atoms with Crippen molar-refractivity contribution in [1.29, 1.82) is 0 Å². The van der Waals surface area contributed by atoms with Gasteiger partial charge in [-0.2, -0.15) is 0 Å². The van der Waals surface area contributed by atoms with Crippen molar-refractivity contribution in [2.24, 2.45) is 17.6 Å². The van der Waals surface area contributed by atoms with Gasteiger partial charge in [0.25, 0.3) is 0 Å². The van der Waals surface area contributed by atoms with Crippen LogP contribution in [0.4, 0.5) is 0 Å². The van der Waals surface area contributed by atoms with E-state index in [2.05, 4.69) is 30.8 Å². The third-order valence-electron chi connectivity index (χ3n) is 5.27. The van der Waals surface area contributed by atoms with E-state index < -0.39 is 0 Å². The first kappa shape index (κ1) is 15.3. The van der Waals surface area contributed by atoms with Crippen LogP contribution in [0.15, 0.2) is 0 Å². The summed E-state index contributed by atoms with van der Waals surface area (Å²) in [5, 5.41) is 0. The molecule has 0 amide bonds. The number of hydrogen-bond acceptors (Lipinski definition) is 3. The van der Waals surface area contributed by atoms with E-state index in [9.17, 15) is 0 Å². The second-order valence-corrected chi connectivity index (χ2v) is 7.06. The molecular weight excluding hydrogens is 234 g/mol. The van der Waals surface area contributed by atoms with Crippen molar-refractivity contribution < 1.29 is 0 Å². The molecule has 2 aliphatic rings. The summed E-state index contributed by atoms with van der Waals surface area (Å²) >= 11 is 0. The molecule has 1 aliphatic heterocycles. The Morgan fingerprint density at radius 1 is 1.21 bits per heavy atom. The van der Waals surface area contributed by atoms with Gasteiger partial charge >= 0.3 is 0 Å². The molecule has 0 spiro atoms. The molecule has 1 saturated heterocycles. The minimum absolute atomic E-state index is 0.448. The molecule has 2 N–H and O–H groups in total. The number of likely N-dealkylation sites (tertiary alicyclic amines) is 1. The SMILES string of the molecule is CCC1CCC(N)C(CN2CCCC2CN(C)C)C1. The lowest BCUT2D eigenvalue weighted by Gasteiger charge is -2.38. The number of nitrogens with two attached hydrogens (primary N) is 1. The zero-order chi connectivity index (χ0) is 13.8. The van der Waals surface area contributed by atoms with E-state index in [0.29, 0.717) is 6.04 Å². The average molecular weight is 267 g/mol. The molecule has 1 aliphatic carbocycles. The zero-order valence-corrected chi connectivity index (χ0v) is 13.1. The standard InChI is InChI=1S/C16H33N3/c1-4-13-7-8-16(17)14(10-13)11-19-9-5-6-15(19)12-18(2)3/h13-16H,4-12,17H2,1-3H3. The van der Waals surface area contributed by atoms with Gasteiger partial charge in [0.1, 0.15) is 0 Å². The molecular formula is C16H33N3. The van der Waals surface area contributed by atoms with Gasteiger partial charge in [0, 0.05) is 25.2 Å². The first-order chi connectivity index (χ1) is 9.10. The van der Waals surface area contributed by atoms with Crippen LogP contribution in [0, 0.1) is 11.8 Å². The number of likely N-dealkylation sites (N-methyl/N-ethyl adjacent to an activating group) is 1. The lowest BCUT2D eigenvalue weighted by atomic mass is 9.77. The summed E-state index contributed by atoms with van der Waals surface area (Å²) in [5.74, 6) is 1.67. The fourth-order valence-corrected chi connectivity index (χ4v) is 4.03. The molecule has 1 heterocycles. The predicted octanol–water partition coefficient (Wildman–Crippen LogP) is 2.17. The van der Waals surface area contributed by atoms with Gasteiger partial charge in [0.15, 0.2) is 0 Å². The van der Waals surface area contributed by atoms with Gasteiger partial charge in [-0.25, -0.2) is 0 Å². The average Bonchev–Trinajstić information content (AvgIpc) is 2.78. The van der Waals surface area contributed by atoms with Gasteiger partial charge < -0.3 is 10.6 Å². The summed E-state index contributed by atoms with van der Waals surface area (Å²) in [6.45, 7) is 6.08. The minimum atomic E-state index is 0.448. The van der Waals surface area contributed by atoms with Gasteiger partial charge in [-0.05, 0) is 64.6 Å². The Kier molecular flexibility index (Phi) is 5.67. The summed E-state index contributed by atoms with van der Waals surface area (Å²) in [5.41, 5.74) is 6.38. The molecule has 0 aromatic carbocycles. The van der Waals surface area contributed by atoms with Crippen LogP contribution in [0.25, 0.3) is 0 Å². The van der Waals surface area contributed by atoms with Crippen molar-refractivity contribution in [3.8, 4) is 0 Å². The van der Waals surface area contributed by atoms with E-state index in [1.807, 2.05) is 0 Å². The molecule has 3 heteroatoms. The molecule has 4 unspecified atom stereocenters. The fourth-order valence-electron chi connectivity index (χ4n) is 4.03. The fraction of sp³-hybridized carbons (Fsp3) is 1.00. The Balaban J connectivity index is 1.87. The molecule has 112 valence electrons. The van der Waals surface area contributed by atoms with Crippen molar-refractivity contribution in [3.63, 3.8) is 0 Å². The van der Waals surface area contributed by atoms with Crippen LogP contribution in [0.3, 0.4) is 0 Å². The second kappa shape index (κ2) is 7.05. The van der Waals surface area contributed by atoms with Gasteiger partial charge in [-0.1, -0.05) is 13.3 Å². The van der Waals surface area contributed by atoms with E-state index >= 15 is 0 Å². The molecule has 1 saturated carbocycles. The van der Waals surface area contributed by atoms with Crippen LogP contribution in [-0.4, -0.2) is 55.6 Å². The highest BCUT2D eigenvalue weighted by Crippen LogP contribution is 2.32. The van der Waals surface area contributed by atoms with Crippen LogP contribution in [-0.2, 0) is 0 Å². The minimum Gasteiger partial charge on any atom is -0.327 e. The highest BCUT2D eigenvalue weighted by molar-refractivity contribution is 4.88. The van der Waals surface area contributed by atoms with Crippen molar-refractivity contribution in [3.05, 3.63) is 0 Å². The van der Waals surface area contributed by atoms with E-state index in [1.54, 1.807) is 0 Å². The van der Waals surface area contributed by atoms with Gasteiger partial charge in [0.05, 0.1) is 0 Å². The van der Waals surface area contributed by atoms with Crippen LogP contribution >= 0.6 is 0 Å². The summed E-state index contributed by atoms with van der Waals surface area (Å²) in [6.07, 6.45) is 8.05. The molecule has 4 atom stereocenters. The Bertz CT molecular complexity index is 267. The van der Waals surface area contributed by atoms with E-state index in [0.717, 1.165) is 17.9 Å². The van der Waals surface area contributed by atoms with Crippen molar-refractivity contribution in [2.75, 3.05) is 33.7 Å². The number of nitrogens with zero attached hydrogens (tertiary/aromatic N) is 2. The monoisotopic (exact) mass is 267 g/mol. The van der Waals surface area contributed by atoms with Crippen LogP contribution < -0.4 is 5.73 Å². The van der Waals surface area contributed by atoms with E-state index in [-0.39, 0.29) is 0 Å². The van der Waals surface area contributed by atoms with Crippen LogP contribution in [0.5, 0.6) is 0 Å². The Labute approximate surface area is 119 Å². The van der Waals surface area contributed by atoms with Gasteiger partial charge in [-0.3, -0.25) is 4.90 Å². The Morgan fingerprint density at radius 2 is 2.00 bits per heavy atom.